The zero-order chi connectivity index (χ0) is 31.7. The Morgan fingerprint density at radius 1 is 0.614 bits per heavy atom. The third-order valence-corrected chi connectivity index (χ3v) is 13.9. The second-order valence-electron chi connectivity index (χ2n) is 11.4. The molecule has 254 valence electrons. The molecule has 10 nitrogen and oxygen atoms in total. The summed E-state index contributed by atoms with van der Waals surface area (Å²) >= 11 is 0. The number of benzene rings is 1. The van der Waals surface area contributed by atoms with E-state index in [-0.39, 0.29) is 0 Å². The lowest BCUT2D eigenvalue weighted by Crippen LogP contribution is -2.47. The van der Waals surface area contributed by atoms with Gasteiger partial charge in [0.2, 0.25) is 0 Å². The van der Waals surface area contributed by atoms with E-state index in [0.717, 1.165) is 77.4 Å². The van der Waals surface area contributed by atoms with Crippen LogP contribution in [0.3, 0.4) is 0 Å². The summed E-state index contributed by atoms with van der Waals surface area (Å²) in [7, 11) is -5.40. The van der Waals surface area contributed by atoms with Crippen LogP contribution in [0.4, 0.5) is 0 Å². The molecular weight excluding hydrogens is 597 g/mol. The monoisotopic (exact) mass is 656 g/mol. The number of epoxide rings is 2. The summed E-state index contributed by atoms with van der Waals surface area (Å²) in [5.74, 6) is 0. The lowest BCUT2D eigenvalue weighted by atomic mass is 10.1. The van der Waals surface area contributed by atoms with Gasteiger partial charge < -0.3 is 36.0 Å². The van der Waals surface area contributed by atoms with Crippen LogP contribution < -0.4 is 0 Å². The fourth-order valence-electron chi connectivity index (χ4n) is 5.78. The average molecular weight is 657 g/mol. The van der Waals surface area contributed by atoms with Crippen LogP contribution in [-0.2, 0) is 49.1 Å². The number of nitrogens with zero attached hydrogens (tertiary/aromatic N) is 2. The van der Waals surface area contributed by atoms with Gasteiger partial charge in [-0.1, -0.05) is 24.3 Å². The van der Waals surface area contributed by atoms with Gasteiger partial charge in [-0.2, -0.15) is 0 Å². The molecule has 2 atom stereocenters. The van der Waals surface area contributed by atoms with Crippen molar-refractivity contribution in [2.24, 2.45) is 0 Å². The summed E-state index contributed by atoms with van der Waals surface area (Å²) in [5, 5.41) is 0. The fourth-order valence-corrected chi connectivity index (χ4v) is 11.0. The van der Waals surface area contributed by atoms with E-state index in [0.29, 0.717) is 51.8 Å². The quantitative estimate of drug-likeness (QED) is 0.0911. The summed E-state index contributed by atoms with van der Waals surface area (Å²) in [6.45, 7) is 22.9. The van der Waals surface area contributed by atoms with E-state index >= 15 is 0 Å². The minimum absolute atomic E-state index is 0.369. The maximum atomic E-state index is 6.14. The number of ether oxygens (including phenoxy) is 2. The van der Waals surface area contributed by atoms with Crippen molar-refractivity contribution in [2.75, 3.05) is 79.0 Å². The molecule has 44 heavy (non-hydrogen) atoms. The first-order chi connectivity index (χ1) is 21.4. The van der Waals surface area contributed by atoms with E-state index < -0.39 is 17.6 Å². The van der Waals surface area contributed by atoms with Gasteiger partial charge in [0, 0.05) is 77.9 Å². The van der Waals surface area contributed by atoms with Crippen LogP contribution in [0.1, 0.15) is 65.5 Å². The predicted molar refractivity (Wildman–Crippen MR) is 177 cm³/mol. The Labute approximate surface area is 269 Å². The van der Waals surface area contributed by atoms with Crippen LogP contribution in [0.15, 0.2) is 24.3 Å². The Morgan fingerprint density at radius 3 is 1.32 bits per heavy atom. The molecule has 1 aromatic carbocycles. The molecule has 1 aromatic rings. The molecule has 0 aromatic heterocycles. The molecule has 0 aliphatic carbocycles. The van der Waals surface area contributed by atoms with Crippen LogP contribution in [0.25, 0.3) is 0 Å². The highest BCUT2D eigenvalue weighted by atomic mass is 28.4. The smallest absolute Gasteiger partial charge is 0.374 e. The second-order valence-corrected chi connectivity index (χ2v) is 16.8. The highest BCUT2D eigenvalue weighted by molar-refractivity contribution is 6.61. The Kier molecular flexibility index (Phi) is 17.6. The van der Waals surface area contributed by atoms with Crippen molar-refractivity contribution in [3.05, 3.63) is 35.4 Å². The van der Waals surface area contributed by atoms with Crippen molar-refractivity contribution in [3.8, 4) is 0 Å². The van der Waals surface area contributed by atoms with E-state index in [9.17, 15) is 0 Å². The molecule has 0 N–H and O–H groups in total. The molecule has 2 unspecified atom stereocenters. The van der Waals surface area contributed by atoms with Crippen molar-refractivity contribution in [3.63, 3.8) is 0 Å². The van der Waals surface area contributed by atoms with Crippen molar-refractivity contribution in [1.82, 2.24) is 9.80 Å². The molecule has 0 bridgehead atoms. The van der Waals surface area contributed by atoms with Crippen LogP contribution in [0, 0.1) is 0 Å². The summed E-state index contributed by atoms with van der Waals surface area (Å²) in [4.78, 5) is 5.02. The lowest BCUT2D eigenvalue weighted by molar-refractivity contribution is 0.0691. The van der Waals surface area contributed by atoms with Crippen LogP contribution in [-0.4, -0.2) is 119 Å². The van der Waals surface area contributed by atoms with E-state index in [4.69, 9.17) is 36.0 Å². The molecule has 2 heterocycles. The topological polar surface area (TPSA) is 86.9 Å². The van der Waals surface area contributed by atoms with Crippen LogP contribution >= 0.6 is 0 Å². The largest absolute Gasteiger partial charge is 0.500 e. The molecule has 3 rings (SSSR count). The Bertz CT molecular complexity index is 829. The van der Waals surface area contributed by atoms with Gasteiger partial charge in [0.1, 0.15) is 0 Å². The first-order valence-corrected chi connectivity index (χ1v) is 20.9. The zero-order valence-electron chi connectivity index (χ0n) is 28.4. The van der Waals surface area contributed by atoms with Gasteiger partial charge in [-0.05, 0) is 78.6 Å². The number of rotatable bonds is 28. The van der Waals surface area contributed by atoms with Gasteiger partial charge in [0.05, 0.1) is 25.4 Å². The predicted octanol–water partition coefficient (Wildman–Crippen LogP) is 4.97. The van der Waals surface area contributed by atoms with E-state index in [1.165, 1.54) is 11.1 Å². The van der Waals surface area contributed by atoms with Gasteiger partial charge in [-0.25, -0.2) is 0 Å². The zero-order valence-corrected chi connectivity index (χ0v) is 30.4. The van der Waals surface area contributed by atoms with Gasteiger partial charge in [-0.15, -0.1) is 0 Å². The molecule has 2 saturated heterocycles. The minimum Gasteiger partial charge on any atom is -0.374 e. The molecule has 0 amide bonds. The van der Waals surface area contributed by atoms with Crippen LogP contribution in [0.2, 0.25) is 12.1 Å². The van der Waals surface area contributed by atoms with Gasteiger partial charge in [-0.3, -0.25) is 9.80 Å². The van der Waals surface area contributed by atoms with Gasteiger partial charge in [0.25, 0.3) is 0 Å². The molecule has 2 aliphatic rings. The highest BCUT2D eigenvalue weighted by Crippen LogP contribution is 2.23. The third-order valence-electron chi connectivity index (χ3n) is 7.63. The highest BCUT2D eigenvalue weighted by Gasteiger charge is 2.41. The molecule has 0 saturated carbocycles. The number of hydrogen-bond acceptors (Lipinski definition) is 10. The molecule has 0 spiro atoms. The molecule has 12 heteroatoms. The normalized spacial score (nSPS) is 18.5. The van der Waals surface area contributed by atoms with E-state index in [1.54, 1.807) is 0 Å². The molecule has 2 fully saturated rings. The fraction of sp³-hybridized carbons (Fsp3) is 0.812. The summed E-state index contributed by atoms with van der Waals surface area (Å²) in [6.07, 6.45) is 2.61. The van der Waals surface area contributed by atoms with E-state index in [2.05, 4.69) is 34.1 Å². The Hall–Kier alpha value is -0.746. The molecular formula is C32H60N2O8Si2. The Balaban J connectivity index is 1.68. The first kappa shape index (κ1) is 37.7. The third kappa shape index (κ3) is 13.9. The molecule has 0 radical (unpaired) electrons. The van der Waals surface area contributed by atoms with Crippen LogP contribution in [0.5, 0.6) is 0 Å². The maximum absolute atomic E-state index is 6.14. The average Bonchev–Trinajstić information content (AvgIpc) is 3.92. The molecule has 2 aliphatic heterocycles. The Morgan fingerprint density at radius 2 is 0.977 bits per heavy atom. The SMILES string of the molecule is CCO[Si](CCCN(CCC[Si](OCC)(OCC)OCC)Cc1cccc(CN(CC2CO2)CC2CO2)c1)(OCC)OCC. The maximum Gasteiger partial charge on any atom is 0.500 e. The van der Waals surface area contributed by atoms with E-state index in [1.807, 2.05) is 41.5 Å². The van der Waals surface area contributed by atoms with Crippen molar-refractivity contribution >= 4 is 17.6 Å². The van der Waals surface area contributed by atoms with Crippen molar-refractivity contribution in [1.29, 1.82) is 0 Å². The number of hydrogen-bond donors (Lipinski definition) is 0. The van der Waals surface area contributed by atoms with Crippen molar-refractivity contribution < 1.29 is 36.0 Å². The van der Waals surface area contributed by atoms with Gasteiger partial charge in [0.15, 0.2) is 0 Å². The summed E-state index contributed by atoms with van der Waals surface area (Å²) in [5.41, 5.74) is 2.65. The minimum atomic E-state index is -2.70. The first-order valence-electron chi connectivity index (χ1n) is 17.0. The van der Waals surface area contributed by atoms with Crippen molar-refractivity contribution in [2.45, 2.75) is 91.8 Å². The summed E-state index contributed by atoms with van der Waals surface area (Å²) < 4.78 is 47.9. The standard InChI is InChI=1S/C32H60N2O8Si2/c1-7-37-43(38-8-2,39-9-3)20-14-18-33(19-15-21-44(40-10-4,41-11-5)42-12-6)23-29-16-13-17-30(22-29)24-34(25-31-27-35-31)26-32-28-36-32/h13,16-17,22,31-32H,7-12,14-15,18-21,23-28H2,1-6H3. The lowest BCUT2D eigenvalue weighted by Gasteiger charge is -2.31. The summed E-state index contributed by atoms with van der Waals surface area (Å²) in [6, 6.07) is 10.6. The van der Waals surface area contributed by atoms with Gasteiger partial charge >= 0.3 is 17.6 Å². The second kappa shape index (κ2) is 20.5.